The second-order valence-electron chi connectivity index (χ2n) is 7.69. The lowest BCUT2D eigenvalue weighted by molar-refractivity contribution is -0.938. The first kappa shape index (κ1) is 15.6. The highest BCUT2D eigenvalue weighted by molar-refractivity contribution is 5.68. The van der Waals surface area contributed by atoms with Gasteiger partial charge in [0.2, 0.25) is 0 Å². The van der Waals surface area contributed by atoms with Crippen LogP contribution in [0.25, 0.3) is 0 Å². The van der Waals surface area contributed by atoms with E-state index in [1.807, 2.05) is 25.7 Å². The Bertz CT molecular complexity index is 335. The Hall–Kier alpha value is -0.770. The molecule has 2 fully saturated rings. The van der Waals surface area contributed by atoms with Crippen LogP contribution in [-0.2, 0) is 4.74 Å². The Morgan fingerprint density at radius 2 is 1.65 bits per heavy atom. The van der Waals surface area contributed by atoms with Crippen LogP contribution in [0.1, 0.15) is 52.9 Å². The highest BCUT2D eigenvalue weighted by atomic mass is 16.6. The van der Waals surface area contributed by atoms with Crippen LogP contribution in [0.4, 0.5) is 4.79 Å². The molecule has 116 valence electrons. The number of likely N-dealkylation sites (tertiary alicyclic amines) is 2. The van der Waals surface area contributed by atoms with Crippen molar-refractivity contribution in [2.24, 2.45) is 0 Å². The Morgan fingerprint density at radius 3 is 2.15 bits per heavy atom. The first-order valence-electron chi connectivity index (χ1n) is 8.12. The molecule has 4 heteroatoms. The van der Waals surface area contributed by atoms with E-state index in [0.29, 0.717) is 0 Å². The number of quaternary nitrogens is 1. The number of rotatable bonds is 1. The lowest BCUT2D eigenvalue weighted by atomic mass is 9.97. The van der Waals surface area contributed by atoms with E-state index >= 15 is 0 Å². The third-order valence-electron chi connectivity index (χ3n) is 4.84. The molecule has 2 saturated heterocycles. The summed E-state index contributed by atoms with van der Waals surface area (Å²) in [6, 6.07) is 0.731. The van der Waals surface area contributed by atoms with Crippen molar-refractivity contribution in [1.82, 2.24) is 4.90 Å². The van der Waals surface area contributed by atoms with E-state index in [-0.39, 0.29) is 11.7 Å². The molecule has 0 spiro atoms. The summed E-state index contributed by atoms with van der Waals surface area (Å²) in [6.45, 7) is 10.1. The quantitative estimate of drug-likeness (QED) is 0.692. The first-order valence-corrected chi connectivity index (χ1v) is 8.12. The van der Waals surface area contributed by atoms with Gasteiger partial charge in [-0.3, -0.25) is 0 Å². The van der Waals surface area contributed by atoms with Gasteiger partial charge in [-0.05, 0) is 40.0 Å². The van der Waals surface area contributed by atoms with Gasteiger partial charge < -0.3 is 14.1 Å². The molecule has 0 atom stereocenters. The fraction of sp³-hybridized carbons (Fsp3) is 0.938. The average molecular weight is 283 g/mol. The molecule has 0 aliphatic carbocycles. The van der Waals surface area contributed by atoms with Crippen molar-refractivity contribution in [1.29, 1.82) is 0 Å². The molecule has 4 nitrogen and oxygen atoms in total. The van der Waals surface area contributed by atoms with Crippen molar-refractivity contribution in [3.63, 3.8) is 0 Å². The van der Waals surface area contributed by atoms with Gasteiger partial charge in [0.25, 0.3) is 0 Å². The van der Waals surface area contributed by atoms with E-state index in [4.69, 9.17) is 4.74 Å². The van der Waals surface area contributed by atoms with Crippen LogP contribution < -0.4 is 0 Å². The standard InChI is InChI=1S/C16H31N2O2/c1-16(2,3)20-15(19)17-10-8-14(9-11-17)18(4)12-6-5-7-13-18/h14H,5-13H2,1-4H3/q+1. The summed E-state index contributed by atoms with van der Waals surface area (Å²) in [6.07, 6.45) is 6.22. The summed E-state index contributed by atoms with van der Waals surface area (Å²) in [4.78, 5) is 14.0. The molecular formula is C16H31N2O2+. The molecule has 0 radical (unpaired) electrons. The van der Waals surface area contributed by atoms with Crippen LogP contribution in [0.2, 0.25) is 0 Å². The molecule has 2 heterocycles. The van der Waals surface area contributed by atoms with Gasteiger partial charge in [-0.1, -0.05) is 0 Å². The zero-order valence-electron chi connectivity index (χ0n) is 13.7. The molecule has 0 aromatic heterocycles. The molecule has 0 aromatic rings. The maximum Gasteiger partial charge on any atom is 0.410 e. The first-order chi connectivity index (χ1) is 9.30. The number of hydrogen-bond acceptors (Lipinski definition) is 2. The number of amides is 1. The van der Waals surface area contributed by atoms with Crippen LogP contribution >= 0.6 is 0 Å². The largest absolute Gasteiger partial charge is 0.444 e. The lowest BCUT2D eigenvalue weighted by Crippen LogP contribution is -2.58. The van der Waals surface area contributed by atoms with Gasteiger partial charge in [0.15, 0.2) is 0 Å². The summed E-state index contributed by atoms with van der Waals surface area (Å²) in [5, 5.41) is 0. The Labute approximate surface area is 123 Å². The minimum absolute atomic E-state index is 0.141. The average Bonchev–Trinajstić information content (AvgIpc) is 2.38. The second-order valence-corrected chi connectivity index (χ2v) is 7.69. The maximum absolute atomic E-state index is 12.1. The van der Waals surface area contributed by atoms with E-state index in [0.717, 1.165) is 32.0 Å². The zero-order chi connectivity index (χ0) is 14.8. The third kappa shape index (κ3) is 3.87. The van der Waals surface area contributed by atoms with Gasteiger partial charge in [0, 0.05) is 25.9 Å². The van der Waals surface area contributed by atoms with Gasteiger partial charge in [-0.2, -0.15) is 0 Å². The predicted octanol–water partition coefficient (Wildman–Crippen LogP) is 3.02. The van der Waals surface area contributed by atoms with Crippen LogP contribution in [0.15, 0.2) is 0 Å². The number of hydrogen-bond donors (Lipinski definition) is 0. The second kappa shape index (κ2) is 5.92. The zero-order valence-corrected chi connectivity index (χ0v) is 13.7. The van der Waals surface area contributed by atoms with E-state index in [1.165, 1.54) is 36.8 Å². The Morgan fingerprint density at radius 1 is 1.10 bits per heavy atom. The molecule has 0 N–H and O–H groups in total. The molecule has 0 aromatic carbocycles. The summed E-state index contributed by atoms with van der Waals surface area (Å²) in [5.41, 5.74) is -0.390. The van der Waals surface area contributed by atoms with Crippen molar-refractivity contribution in [2.45, 2.75) is 64.5 Å². The van der Waals surface area contributed by atoms with Crippen molar-refractivity contribution in [2.75, 3.05) is 33.2 Å². The van der Waals surface area contributed by atoms with Crippen LogP contribution in [0, 0.1) is 0 Å². The predicted molar refractivity (Wildman–Crippen MR) is 80.6 cm³/mol. The van der Waals surface area contributed by atoms with Crippen molar-refractivity contribution >= 4 is 6.09 Å². The summed E-state index contributed by atoms with van der Waals surface area (Å²) in [7, 11) is 2.41. The fourth-order valence-electron chi connectivity index (χ4n) is 3.60. The van der Waals surface area contributed by atoms with Crippen molar-refractivity contribution in [3.05, 3.63) is 0 Å². The SMILES string of the molecule is CC(C)(C)OC(=O)N1CCC([N+]2(C)CCCCC2)CC1. The van der Waals surface area contributed by atoms with E-state index in [2.05, 4.69) is 7.05 Å². The smallest absolute Gasteiger partial charge is 0.410 e. The van der Waals surface area contributed by atoms with Gasteiger partial charge in [-0.25, -0.2) is 4.79 Å². The minimum atomic E-state index is -0.390. The number of carbonyl (C=O) groups is 1. The van der Waals surface area contributed by atoms with Crippen molar-refractivity contribution < 1.29 is 14.0 Å². The number of ether oxygens (including phenoxy) is 1. The van der Waals surface area contributed by atoms with E-state index in [1.54, 1.807) is 0 Å². The van der Waals surface area contributed by atoms with Crippen LogP contribution in [0.3, 0.4) is 0 Å². The molecule has 0 unspecified atom stereocenters. The van der Waals surface area contributed by atoms with E-state index < -0.39 is 0 Å². The topological polar surface area (TPSA) is 29.5 Å². The Balaban J connectivity index is 1.84. The van der Waals surface area contributed by atoms with Gasteiger partial charge in [-0.15, -0.1) is 0 Å². The maximum atomic E-state index is 12.1. The van der Waals surface area contributed by atoms with E-state index in [9.17, 15) is 4.79 Å². The number of nitrogens with zero attached hydrogens (tertiary/aromatic N) is 2. The fourth-order valence-corrected chi connectivity index (χ4v) is 3.60. The normalized spacial score (nSPS) is 24.5. The molecule has 20 heavy (non-hydrogen) atoms. The molecule has 0 bridgehead atoms. The summed E-state index contributed by atoms with van der Waals surface area (Å²) < 4.78 is 6.69. The molecule has 0 saturated carbocycles. The van der Waals surface area contributed by atoms with Gasteiger partial charge in [0.1, 0.15) is 5.60 Å². The van der Waals surface area contributed by atoms with Crippen LogP contribution in [0.5, 0.6) is 0 Å². The minimum Gasteiger partial charge on any atom is -0.444 e. The molecular weight excluding hydrogens is 252 g/mol. The number of piperidine rings is 2. The lowest BCUT2D eigenvalue weighted by Gasteiger charge is -2.47. The molecule has 2 rings (SSSR count). The summed E-state index contributed by atoms with van der Waals surface area (Å²) >= 11 is 0. The molecule has 2 aliphatic rings. The molecule has 1 amide bonds. The number of carbonyl (C=O) groups excluding carboxylic acids is 1. The third-order valence-corrected chi connectivity index (χ3v) is 4.84. The van der Waals surface area contributed by atoms with Crippen LogP contribution in [-0.4, -0.2) is 60.3 Å². The van der Waals surface area contributed by atoms with Gasteiger partial charge in [0.05, 0.1) is 26.2 Å². The highest BCUT2D eigenvalue weighted by Crippen LogP contribution is 2.27. The Kier molecular flexibility index (Phi) is 4.62. The van der Waals surface area contributed by atoms with Gasteiger partial charge >= 0.3 is 6.09 Å². The summed E-state index contributed by atoms with van der Waals surface area (Å²) in [5.74, 6) is 0. The van der Waals surface area contributed by atoms with Crippen molar-refractivity contribution in [3.8, 4) is 0 Å². The monoisotopic (exact) mass is 283 g/mol. The molecule has 2 aliphatic heterocycles. The highest BCUT2D eigenvalue weighted by Gasteiger charge is 2.37.